The minimum absolute atomic E-state index is 0.0320. The van der Waals surface area contributed by atoms with Crippen LogP contribution in [0.1, 0.15) is 21.6 Å². The van der Waals surface area contributed by atoms with E-state index in [1.54, 1.807) is 36.4 Å². The zero-order valence-corrected chi connectivity index (χ0v) is 18.9. The van der Waals surface area contributed by atoms with Gasteiger partial charge in [0.25, 0.3) is 0 Å². The lowest BCUT2D eigenvalue weighted by Crippen LogP contribution is -2.14. The molecule has 0 bridgehead atoms. The molecule has 0 amide bonds. The van der Waals surface area contributed by atoms with Crippen LogP contribution in [0.2, 0.25) is 0 Å². The van der Waals surface area contributed by atoms with E-state index in [9.17, 15) is 18.0 Å². The molecule has 0 atom stereocenters. The maximum atomic E-state index is 13.9. The van der Waals surface area contributed by atoms with Crippen LogP contribution in [0.3, 0.4) is 0 Å². The molecule has 4 rings (SSSR count). The van der Waals surface area contributed by atoms with E-state index in [-0.39, 0.29) is 23.5 Å². The van der Waals surface area contributed by atoms with Gasteiger partial charge in [-0.25, -0.2) is 14.3 Å². The Bertz CT molecular complexity index is 1370. The lowest BCUT2D eigenvalue weighted by molar-refractivity contribution is -0.142. The van der Waals surface area contributed by atoms with Crippen LogP contribution in [-0.2, 0) is 17.5 Å². The van der Waals surface area contributed by atoms with Crippen molar-refractivity contribution in [3.8, 4) is 28.5 Å². The smallest absolute Gasteiger partial charge is 0.433 e. The number of benzene rings is 2. The third-order valence-corrected chi connectivity index (χ3v) is 5.19. The second-order valence-electron chi connectivity index (χ2n) is 7.31. The number of alkyl halides is 3. The van der Waals surface area contributed by atoms with Gasteiger partial charge in [0, 0.05) is 5.56 Å². The van der Waals surface area contributed by atoms with E-state index in [1.165, 1.54) is 27.4 Å². The first kappa shape index (κ1) is 23.9. The van der Waals surface area contributed by atoms with Crippen molar-refractivity contribution in [2.24, 2.45) is 0 Å². The molecule has 182 valence electrons. The molecule has 0 aliphatic carbocycles. The number of fused-ring (bicyclic) bond motifs is 1. The zero-order chi connectivity index (χ0) is 25.2. The molecule has 2 heterocycles. The summed E-state index contributed by atoms with van der Waals surface area (Å²) in [5, 5.41) is 3.75. The fourth-order valence-electron chi connectivity index (χ4n) is 3.40. The van der Waals surface area contributed by atoms with Crippen molar-refractivity contribution in [1.29, 1.82) is 0 Å². The minimum atomic E-state index is -4.76. The predicted octanol–water partition coefficient (Wildman–Crippen LogP) is 4.80. The van der Waals surface area contributed by atoms with Crippen LogP contribution in [0.25, 0.3) is 16.9 Å². The van der Waals surface area contributed by atoms with Crippen LogP contribution in [0.5, 0.6) is 17.2 Å². The summed E-state index contributed by atoms with van der Waals surface area (Å²) in [6.45, 7) is -0.0956. The summed E-state index contributed by atoms with van der Waals surface area (Å²) in [4.78, 5) is 17.0. The zero-order valence-electron chi connectivity index (χ0n) is 18.9. The van der Waals surface area contributed by atoms with Gasteiger partial charge >= 0.3 is 12.1 Å². The highest BCUT2D eigenvalue weighted by atomic mass is 19.4. The van der Waals surface area contributed by atoms with Gasteiger partial charge < -0.3 is 18.9 Å². The van der Waals surface area contributed by atoms with Gasteiger partial charge in [0.1, 0.15) is 17.9 Å². The Labute approximate surface area is 197 Å². The van der Waals surface area contributed by atoms with Crippen LogP contribution < -0.4 is 14.2 Å². The Kier molecular flexibility index (Phi) is 6.50. The Morgan fingerprint density at radius 3 is 2.29 bits per heavy atom. The second kappa shape index (κ2) is 9.53. The number of hydrogen-bond donors (Lipinski definition) is 0. The summed E-state index contributed by atoms with van der Waals surface area (Å²) >= 11 is 0. The number of methoxy groups -OCH3 is 3. The normalized spacial score (nSPS) is 11.4. The molecule has 0 aliphatic rings. The number of aromatic nitrogens is 3. The first-order valence-corrected chi connectivity index (χ1v) is 10.2. The van der Waals surface area contributed by atoms with Crippen LogP contribution in [0.4, 0.5) is 13.2 Å². The largest absolute Gasteiger partial charge is 0.497 e. The van der Waals surface area contributed by atoms with Crippen molar-refractivity contribution in [3.05, 3.63) is 71.5 Å². The molecule has 0 N–H and O–H groups in total. The Morgan fingerprint density at radius 2 is 1.66 bits per heavy atom. The lowest BCUT2D eigenvalue weighted by Gasteiger charge is -2.13. The number of nitrogens with zero attached hydrogens (tertiary/aromatic N) is 3. The fourth-order valence-corrected chi connectivity index (χ4v) is 3.40. The molecule has 0 radical (unpaired) electrons. The quantitative estimate of drug-likeness (QED) is 0.346. The monoisotopic (exact) mass is 487 g/mol. The SMILES string of the molecule is COc1ccc(COC(=O)c2cnn3c(C(F)(F)F)cc(-c4ccc(OC)c(OC)c4)nc23)cc1. The molecule has 0 unspecified atom stereocenters. The molecular weight excluding hydrogens is 467 g/mol. The third kappa shape index (κ3) is 4.84. The van der Waals surface area contributed by atoms with Crippen LogP contribution in [0, 0.1) is 0 Å². The van der Waals surface area contributed by atoms with Crippen molar-refractivity contribution >= 4 is 11.6 Å². The highest BCUT2D eigenvalue weighted by Gasteiger charge is 2.36. The summed E-state index contributed by atoms with van der Waals surface area (Å²) in [6, 6.07) is 12.3. The topological polar surface area (TPSA) is 84.2 Å². The second-order valence-corrected chi connectivity index (χ2v) is 7.31. The summed E-state index contributed by atoms with van der Waals surface area (Å²) in [5.41, 5.74) is -0.618. The molecule has 0 aliphatic heterocycles. The van der Waals surface area contributed by atoms with Crippen molar-refractivity contribution < 1.29 is 36.9 Å². The average molecular weight is 487 g/mol. The van der Waals surface area contributed by atoms with Crippen molar-refractivity contribution in [1.82, 2.24) is 14.6 Å². The number of rotatable bonds is 7. The third-order valence-electron chi connectivity index (χ3n) is 5.19. The van der Waals surface area contributed by atoms with Gasteiger partial charge in [-0.15, -0.1) is 0 Å². The van der Waals surface area contributed by atoms with E-state index in [2.05, 4.69) is 10.1 Å². The van der Waals surface area contributed by atoms with Crippen molar-refractivity contribution in [2.45, 2.75) is 12.8 Å². The van der Waals surface area contributed by atoms with E-state index < -0.39 is 17.8 Å². The van der Waals surface area contributed by atoms with Gasteiger partial charge in [-0.2, -0.15) is 18.3 Å². The average Bonchev–Trinajstić information content (AvgIpc) is 3.30. The summed E-state index contributed by atoms with van der Waals surface area (Å²) in [5.74, 6) is 0.489. The number of halogens is 3. The minimum Gasteiger partial charge on any atom is -0.497 e. The lowest BCUT2D eigenvalue weighted by atomic mass is 10.1. The van der Waals surface area contributed by atoms with Crippen LogP contribution in [-0.4, -0.2) is 41.9 Å². The summed E-state index contributed by atoms with van der Waals surface area (Å²) in [6.07, 6.45) is -3.75. The predicted molar refractivity (Wildman–Crippen MR) is 119 cm³/mol. The number of ether oxygens (including phenoxy) is 4. The summed E-state index contributed by atoms with van der Waals surface area (Å²) < 4.78 is 63.0. The molecule has 8 nitrogen and oxygen atoms in total. The maximum absolute atomic E-state index is 13.9. The molecule has 11 heteroatoms. The van der Waals surface area contributed by atoms with Gasteiger partial charge in [-0.1, -0.05) is 12.1 Å². The van der Waals surface area contributed by atoms with E-state index in [0.29, 0.717) is 32.9 Å². The molecule has 2 aromatic heterocycles. The Balaban J connectivity index is 1.73. The van der Waals surface area contributed by atoms with Crippen molar-refractivity contribution in [2.75, 3.05) is 21.3 Å². The van der Waals surface area contributed by atoms with Gasteiger partial charge in [0.05, 0.1) is 33.2 Å². The molecule has 0 spiro atoms. The molecule has 4 aromatic rings. The molecule has 35 heavy (non-hydrogen) atoms. The summed E-state index contributed by atoms with van der Waals surface area (Å²) in [7, 11) is 4.38. The van der Waals surface area contributed by atoms with Gasteiger partial charge in [-0.05, 0) is 42.0 Å². The van der Waals surface area contributed by atoms with Gasteiger partial charge in [0.2, 0.25) is 0 Å². The molecular formula is C24H20F3N3O5. The van der Waals surface area contributed by atoms with E-state index in [1.807, 2.05) is 0 Å². The molecule has 0 saturated carbocycles. The molecule has 0 fully saturated rings. The molecule has 2 aromatic carbocycles. The Morgan fingerprint density at radius 1 is 0.943 bits per heavy atom. The first-order valence-electron chi connectivity index (χ1n) is 10.2. The highest BCUT2D eigenvalue weighted by Crippen LogP contribution is 2.36. The molecule has 0 saturated heterocycles. The fraction of sp³-hybridized carbons (Fsp3) is 0.208. The van der Waals surface area contributed by atoms with Gasteiger partial charge in [0.15, 0.2) is 22.8 Å². The Hall–Kier alpha value is -4.28. The highest BCUT2D eigenvalue weighted by molar-refractivity contribution is 5.96. The van der Waals surface area contributed by atoms with Crippen molar-refractivity contribution in [3.63, 3.8) is 0 Å². The van der Waals surface area contributed by atoms with E-state index in [0.717, 1.165) is 12.3 Å². The van der Waals surface area contributed by atoms with E-state index >= 15 is 0 Å². The van der Waals surface area contributed by atoms with E-state index in [4.69, 9.17) is 18.9 Å². The number of carbonyl (C=O) groups excluding carboxylic acids is 1. The maximum Gasteiger partial charge on any atom is 0.433 e. The number of carbonyl (C=O) groups is 1. The standard InChI is InChI=1S/C24H20F3N3O5/c1-32-16-7-4-14(5-8-16)13-35-23(31)17-12-28-30-21(24(25,26)27)11-18(29-22(17)30)15-6-9-19(33-2)20(10-15)34-3/h4-12H,13H2,1-3H3. The number of esters is 1. The van der Waals surface area contributed by atoms with Crippen LogP contribution >= 0.6 is 0 Å². The van der Waals surface area contributed by atoms with Crippen LogP contribution in [0.15, 0.2) is 54.7 Å². The first-order chi connectivity index (χ1) is 16.7. The van der Waals surface area contributed by atoms with Gasteiger partial charge in [-0.3, -0.25) is 0 Å². The number of hydrogen-bond acceptors (Lipinski definition) is 7.